The van der Waals surface area contributed by atoms with Crippen molar-refractivity contribution < 1.29 is 4.79 Å². The van der Waals surface area contributed by atoms with Crippen LogP contribution in [0.1, 0.15) is 27.8 Å². The molecule has 0 bridgehead atoms. The van der Waals surface area contributed by atoms with E-state index >= 15 is 0 Å². The third kappa shape index (κ3) is 2.84. The van der Waals surface area contributed by atoms with E-state index < -0.39 is 0 Å². The lowest BCUT2D eigenvalue weighted by molar-refractivity contribution is 0.103. The molecule has 5 heteroatoms. The Balaban J connectivity index is 1.65. The summed E-state index contributed by atoms with van der Waals surface area (Å²) >= 11 is 0. The Morgan fingerprint density at radius 1 is 1.17 bits per heavy atom. The number of fused-ring (bicyclic) bond motifs is 1. The Bertz CT molecular complexity index is 871. The van der Waals surface area contributed by atoms with Crippen LogP contribution in [0.15, 0.2) is 48.5 Å². The maximum absolute atomic E-state index is 12.6. The summed E-state index contributed by atoms with van der Waals surface area (Å²) in [6.07, 6.45) is 0. The predicted octanol–water partition coefficient (Wildman–Crippen LogP) is 2.37. The molecule has 2 aromatic carbocycles. The highest BCUT2D eigenvalue weighted by atomic mass is 16.1. The van der Waals surface area contributed by atoms with E-state index in [0.717, 1.165) is 36.5 Å². The van der Waals surface area contributed by atoms with Crippen LogP contribution in [-0.2, 0) is 0 Å². The molecule has 0 spiro atoms. The van der Waals surface area contributed by atoms with Gasteiger partial charge in [0.05, 0.1) is 17.1 Å². The molecule has 3 aromatic rings. The minimum atomic E-state index is 0.0316. The van der Waals surface area contributed by atoms with E-state index in [4.69, 9.17) is 0 Å². The van der Waals surface area contributed by atoms with Gasteiger partial charge >= 0.3 is 0 Å². The molecule has 1 aliphatic heterocycles. The highest BCUT2D eigenvalue weighted by molar-refractivity contribution is 6.10. The lowest BCUT2D eigenvalue weighted by Crippen LogP contribution is -2.44. The van der Waals surface area contributed by atoms with Crippen molar-refractivity contribution in [3.8, 4) is 0 Å². The number of carbonyl (C=O) groups excluding carboxylic acids is 1. The normalized spacial score (nSPS) is 18.8. The Hall–Kier alpha value is -2.50. The van der Waals surface area contributed by atoms with Crippen molar-refractivity contribution in [1.82, 2.24) is 20.2 Å². The molecular formula is C19H20N4O. The maximum Gasteiger partial charge on any atom is 0.193 e. The summed E-state index contributed by atoms with van der Waals surface area (Å²) in [6, 6.07) is 15.2. The Labute approximate surface area is 140 Å². The van der Waals surface area contributed by atoms with Crippen LogP contribution in [0.25, 0.3) is 11.0 Å². The summed E-state index contributed by atoms with van der Waals surface area (Å²) in [7, 11) is 2.12. The van der Waals surface area contributed by atoms with Gasteiger partial charge in [0.25, 0.3) is 0 Å². The number of ketones is 1. The van der Waals surface area contributed by atoms with E-state index in [1.165, 1.54) is 0 Å². The predicted molar refractivity (Wildman–Crippen MR) is 94.2 cm³/mol. The summed E-state index contributed by atoms with van der Waals surface area (Å²) in [4.78, 5) is 22.9. The van der Waals surface area contributed by atoms with Gasteiger partial charge in [-0.3, -0.25) is 4.79 Å². The third-order valence-electron chi connectivity index (χ3n) is 4.51. The topological polar surface area (TPSA) is 61.0 Å². The van der Waals surface area contributed by atoms with Crippen LogP contribution in [0.4, 0.5) is 0 Å². The van der Waals surface area contributed by atoms with E-state index in [0.29, 0.717) is 11.1 Å². The van der Waals surface area contributed by atoms with Crippen molar-refractivity contribution >= 4 is 16.8 Å². The number of carbonyl (C=O) groups is 1. The van der Waals surface area contributed by atoms with Gasteiger partial charge in [-0.15, -0.1) is 0 Å². The second-order valence-electron chi connectivity index (χ2n) is 6.32. The zero-order valence-corrected chi connectivity index (χ0v) is 13.6. The first-order valence-electron chi connectivity index (χ1n) is 8.22. The fraction of sp³-hybridized carbons (Fsp3) is 0.263. The van der Waals surface area contributed by atoms with Crippen LogP contribution in [-0.4, -0.2) is 47.3 Å². The van der Waals surface area contributed by atoms with Gasteiger partial charge in [-0.2, -0.15) is 0 Å². The number of nitrogens with zero attached hydrogens (tertiary/aromatic N) is 2. The number of likely N-dealkylation sites (N-methyl/N-ethyl adjacent to an activating group) is 1. The first-order chi connectivity index (χ1) is 11.7. The summed E-state index contributed by atoms with van der Waals surface area (Å²) in [6.45, 7) is 2.93. The Morgan fingerprint density at radius 2 is 2.00 bits per heavy atom. The molecular weight excluding hydrogens is 300 g/mol. The largest absolute Gasteiger partial charge is 0.341 e. The van der Waals surface area contributed by atoms with Crippen molar-refractivity contribution in [2.75, 3.05) is 26.7 Å². The molecule has 0 saturated carbocycles. The first kappa shape index (κ1) is 15.1. The molecule has 0 radical (unpaired) electrons. The first-order valence-corrected chi connectivity index (χ1v) is 8.22. The summed E-state index contributed by atoms with van der Waals surface area (Å²) in [5.41, 5.74) is 3.18. The van der Waals surface area contributed by atoms with Gasteiger partial charge in [-0.25, -0.2) is 4.98 Å². The number of rotatable bonds is 3. The van der Waals surface area contributed by atoms with Crippen LogP contribution < -0.4 is 5.32 Å². The van der Waals surface area contributed by atoms with Gasteiger partial charge in [0, 0.05) is 30.8 Å². The van der Waals surface area contributed by atoms with Crippen molar-refractivity contribution in [3.05, 3.63) is 65.5 Å². The molecule has 0 aliphatic carbocycles. The molecule has 1 unspecified atom stereocenters. The molecule has 122 valence electrons. The van der Waals surface area contributed by atoms with Crippen LogP contribution >= 0.6 is 0 Å². The molecule has 0 amide bonds. The molecule has 1 atom stereocenters. The van der Waals surface area contributed by atoms with Crippen LogP contribution in [0, 0.1) is 0 Å². The molecule has 4 rings (SSSR count). The number of nitrogens with one attached hydrogen (secondary N) is 2. The number of H-pyrrole nitrogens is 1. The summed E-state index contributed by atoms with van der Waals surface area (Å²) in [5.74, 6) is 0.963. The molecule has 1 saturated heterocycles. The van der Waals surface area contributed by atoms with Crippen LogP contribution in [0.5, 0.6) is 0 Å². The molecule has 1 aliphatic rings. The van der Waals surface area contributed by atoms with Gasteiger partial charge in [-0.05, 0) is 25.2 Å². The number of aromatic nitrogens is 2. The molecule has 1 fully saturated rings. The zero-order valence-electron chi connectivity index (χ0n) is 13.6. The second-order valence-corrected chi connectivity index (χ2v) is 6.32. The van der Waals surface area contributed by atoms with Gasteiger partial charge < -0.3 is 15.2 Å². The van der Waals surface area contributed by atoms with Gasteiger partial charge in [0.2, 0.25) is 0 Å². The van der Waals surface area contributed by atoms with E-state index in [1.807, 2.05) is 48.5 Å². The number of hydrogen-bond acceptors (Lipinski definition) is 4. The number of piperazine rings is 1. The van der Waals surface area contributed by atoms with Gasteiger partial charge in [0.1, 0.15) is 5.82 Å². The summed E-state index contributed by atoms with van der Waals surface area (Å²) < 4.78 is 0. The monoisotopic (exact) mass is 320 g/mol. The number of aromatic amines is 1. The van der Waals surface area contributed by atoms with Crippen LogP contribution in [0.3, 0.4) is 0 Å². The lowest BCUT2D eigenvalue weighted by Gasteiger charge is -2.29. The Kier molecular flexibility index (Phi) is 3.88. The minimum absolute atomic E-state index is 0.0316. The smallest absolute Gasteiger partial charge is 0.193 e. The average Bonchev–Trinajstić information content (AvgIpc) is 3.05. The SMILES string of the molecule is CN1CCNC(c2nc3ccc(C(=O)c4ccccc4)cc3[nH]2)C1. The lowest BCUT2D eigenvalue weighted by atomic mass is 10.0. The third-order valence-corrected chi connectivity index (χ3v) is 4.51. The quantitative estimate of drug-likeness (QED) is 0.727. The second kappa shape index (κ2) is 6.19. The van der Waals surface area contributed by atoms with E-state index in [9.17, 15) is 4.79 Å². The van der Waals surface area contributed by atoms with Gasteiger partial charge in [-0.1, -0.05) is 30.3 Å². The number of imidazole rings is 1. The highest BCUT2D eigenvalue weighted by Crippen LogP contribution is 2.21. The van der Waals surface area contributed by atoms with E-state index in [1.54, 1.807) is 0 Å². The Morgan fingerprint density at radius 3 is 2.79 bits per heavy atom. The molecule has 1 aromatic heterocycles. The van der Waals surface area contributed by atoms with Crippen molar-refractivity contribution in [1.29, 1.82) is 0 Å². The maximum atomic E-state index is 12.6. The minimum Gasteiger partial charge on any atom is -0.341 e. The highest BCUT2D eigenvalue weighted by Gasteiger charge is 2.21. The standard InChI is InChI=1S/C19H20N4O/c1-23-10-9-20-17(12-23)19-21-15-8-7-14(11-16(15)22-19)18(24)13-5-3-2-4-6-13/h2-8,11,17,20H,9-10,12H2,1H3,(H,21,22). The average molecular weight is 320 g/mol. The fourth-order valence-corrected chi connectivity index (χ4v) is 3.17. The molecule has 2 heterocycles. The number of benzene rings is 2. The zero-order chi connectivity index (χ0) is 16.5. The van der Waals surface area contributed by atoms with Crippen molar-refractivity contribution in [2.45, 2.75) is 6.04 Å². The van der Waals surface area contributed by atoms with E-state index in [-0.39, 0.29) is 11.8 Å². The summed E-state index contributed by atoms with van der Waals surface area (Å²) in [5, 5.41) is 3.49. The molecule has 24 heavy (non-hydrogen) atoms. The van der Waals surface area contributed by atoms with Gasteiger partial charge in [0.15, 0.2) is 5.78 Å². The molecule has 5 nitrogen and oxygen atoms in total. The fourth-order valence-electron chi connectivity index (χ4n) is 3.17. The van der Waals surface area contributed by atoms with Crippen LogP contribution in [0.2, 0.25) is 0 Å². The molecule has 2 N–H and O–H groups in total. The van der Waals surface area contributed by atoms with Crippen molar-refractivity contribution in [3.63, 3.8) is 0 Å². The van der Waals surface area contributed by atoms with E-state index in [2.05, 4.69) is 27.2 Å². The van der Waals surface area contributed by atoms with Crippen molar-refractivity contribution in [2.24, 2.45) is 0 Å². The number of hydrogen-bond donors (Lipinski definition) is 2.